The van der Waals surface area contributed by atoms with Crippen molar-refractivity contribution in [1.29, 1.82) is 0 Å². The van der Waals surface area contributed by atoms with E-state index in [0.29, 0.717) is 25.6 Å². The molecule has 36 heavy (non-hydrogen) atoms. The molecule has 1 unspecified atom stereocenters. The summed E-state index contributed by atoms with van der Waals surface area (Å²) in [6.45, 7) is 6.47. The van der Waals surface area contributed by atoms with Crippen molar-refractivity contribution in [2.24, 2.45) is 7.05 Å². The highest BCUT2D eigenvalue weighted by Crippen LogP contribution is 2.31. The average Bonchev–Trinajstić information content (AvgIpc) is 3.50. The molecule has 0 bridgehead atoms. The molecule has 2 saturated heterocycles. The number of imidazole rings is 1. The van der Waals surface area contributed by atoms with Crippen molar-refractivity contribution in [2.45, 2.75) is 6.54 Å². The highest BCUT2D eigenvalue weighted by Gasteiger charge is 2.25. The minimum Gasteiger partial charge on any atom is -0.771 e. The molecule has 190 valence electrons. The van der Waals surface area contributed by atoms with E-state index in [1.807, 2.05) is 36.3 Å². The van der Waals surface area contributed by atoms with E-state index < -0.39 is 11.1 Å². The van der Waals surface area contributed by atoms with E-state index in [4.69, 9.17) is 19.7 Å². The van der Waals surface area contributed by atoms with Gasteiger partial charge in [-0.05, 0) is 17.1 Å². The minimum absolute atomic E-state index is 0.0881. The Labute approximate surface area is 210 Å². The fourth-order valence-corrected chi connectivity index (χ4v) is 5.49. The van der Waals surface area contributed by atoms with Gasteiger partial charge in [-0.15, -0.1) is 0 Å². The topological polar surface area (TPSA) is 131 Å². The molecule has 2 aliphatic heterocycles. The molecule has 0 amide bonds. The summed E-state index contributed by atoms with van der Waals surface area (Å²) in [5.41, 5.74) is 3.44. The molecule has 0 saturated carbocycles. The van der Waals surface area contributed by atoms with E-state index in [0.717, 1.165) is 78.5 Å². The molecule has 13 heteroatoms. The van der Waals surface area contributed by atoms with E-state index in [1.165, 1.54) is 0 Å². The van der Waals surface area contributed by atoms with Crippen LogP contribution in [0.25, 0.3) is 33.5 Å². The van der Waals surface area contributed by atoms with E-state index >= 15 is 0 Å². The lowest BCUT2D eigenvalue weighted by atomic mass is 10.1. The number of rotatable bonds is 6. The lowest BCUT2D eigenvalue weighted by molar-refractivity contribution is 0.122. The van der Waals surface area contributed by atoms with Crippen LogP contribution in [-0.4, -0.2) is 107 Å². The predicted octanol–water partition coefficient (Wildman–Crippen LogP) is 0.697. The summed E-state index contributed by atoms with van der Waals surface area (Å²) >= 11 is -2.05. The molecule has 12 nitrogen and oxygen atoms in total. The maximum absolute atomic E-state index is 11.0. The molecule has 2 fully saturated rings. The molecular weight excluding hydrogens is 482 g/mol. The van der Waals surface area contributed by atoms with Crippen LogP contribution in [0.4, 0.5) is 5.82 Å². The number of hydrogen-bond acceptors (Lipinski definition) is 10. The quantitative estimate of drug-likeness (QED) is 0.370. The Balaban J connectivity index is 1.37. The first-order valence-corrected chi connectivity index (χ1v) is 13.3. The number of aromatic nitrogens is 6. The number of fused-ring (bicyclic) bond motifs is 2. The Morgan fingerprint density at radius 1 is 1.06 bits per heavy atom. The van der Waals surface area contributed by atoms with Crippen LogP contribution < -0.4 is 4.90 Å². The Kier molecular flexibility index (Phi) is 6.39. The normalized spacial score (nSPS) is 18.9. The van der Waals surface area contributed by atoms with Crippen LogP contribution in [-0.2, 0) is 29.4 Å². The van der Waals surface area contributed by atoms with Crippen molar-refractivity contribution in [2.75, 3.05) is 63.3 Å². The summed E-state index contributed by atoms with van der Waals surface area (Å²) in [4.78, 5) is 21.5. The number of benzene rings is 1. The molecule has 2 aliphatic rings. The Hall–Kier alpha value is -2.97. The molecule has 0 spiro atoms. The molecule has 6 rings (SSSR count). The number of ether oxygens (including phenoxy) is 1. The molecule has 5 heterocycles. The number of nitrogens with one attached hydrogen (secondary N) is 1. The zero-order valence-electron chi connectivity index (χ0n) is 20.1. The van der Waals surface area contributed by atoms with Crippen LogP contribution in [0.3, 0.4) is 0 Å². The largest absolute Gasteiger partial charge is 0.771 e. The molecule has 1 atom stereocenters. The summed E-state index contributed by atoms with van der Waals surface area (Å²) in [7, 11) is 2.00. The Bertz CT molecular complexity index is 1410. The van der Waals surface area contributed by atoms with Gasteiger partial charge in [-0.3, -0.25) is 19.1 Å². The SMILES string of the molecule is Cn1c(CN2CCN(CS(=O)[O-])CC2)nc2c(N3CCOCC3)nc(-c3cccc4[nH]ncc34)nc21. The predicted molar refractivity (Wildman–Crippen MR) is 135 cm³/mol. The second-order valence-corrected chi connectivity index (χ2v) is 10.1. The molecule has 1 N–H and O–H groups in total. The highest BCUT2D eigenvalue weighted by atomic mass is 32.2. The van der Waals surface area contributed by atoms with E-state index in [-0.39, 0.29) is 5.88 Å². The van der Waals surface area contributed by atoms with Crippen molar-refractivity contribution in [3.63, 3.8) is 0 Å². The van der Waals surface area contributed by atoms with Crippen LogP contribution in [0.15, 0.2) is 24.4 Å². The third kappa shape index (κ3) is 4.48. The van der Waals surface area contributed by atoms with Crippen LogP contribution in [0.5, 0.6) is 0 Å². The van der Waals surface area contributed by atoms with Crippen molar-refractivity contribution >= 4 is 39.0 Å². The molecule has 4 aromatic rings. The Morgan fingerprint density at radius 2 is 1.83 bits per heavy atom. The number of aromatic amines is 1. The van der Waals surface area contributed by atoms with E-state index in [2.05, 4.69) is 24.6 Å². The van der Waals surface area contributed by atoms with Gasteiger partial charge < -0.3 is 18.8 Å². The fraction of sp³-hybridized carbons (Fsp3) is 0.478. The van der Waals surface area contributed by atoms with Crippen LogP contribution in [0, 0.1) is 0 Å². The smallest absolute Gasteiger partial charge is 0.166 e. The first kappa shape index (κ1) is 23.4. The third-order valence-electron chi connectivity index (χ3n) is 6.95. The summed E-state index contributed by atoms with van der Waals surface area (Å²) < 4.78 is 29.7. The second-order valence-electron chi connectivity index (χ2n) is 9.19. The van der Waals surface area contributed by atoms with Crippen molar-refractivity contribution in [1.82, 2.24) is 39.5 Å². The van der Waals surface area contributed by atoms with Crippen molar-refractivity contribution < 1.29 is 13.5 Å². The average molecular weight is 511 g/mol. The van der Waals surface area contributed by atoms with Gasteiger partial charge in [-0.2, -0.15) is 5.10 Å². The standard InChI is InChI=1S/C23H29N9O3S/c1-29-19(14-30-5-7-31(8-6-30)15-36(33)34)25-20-22(29)26-21(27-23(20)32-9-11-35-12-10-32)16-3-2-4-18-17(16)13-24-28-18/h2-4,13H,5-12,14-15H2,1H3,(H,24,28)(H,33,34)/p-1. The van der Waals surface area contributed by atoms with Gasteiger partial charge in [0.1, 0.15) is 5.82 Å². The number of morpholine rings is 1. The van der Waals surface area contributed by atoms with Gasteiger partial charge in [0.2, 0.25) is 0 Å². The van der Waals surface area contributed by atoms with E-state index in [9.17, 15) is 8.76 Å². The lowest BCUT2D eigenvalue weighted by Crippen LogP contribution is -2.47. The molecule has 1 aromatic carbocycles. The number of aryl methyl sites for hydroxylation is 1. The van der Waals surface area contributed by atoms with Gasteiger partial charge in [0.05, 0.1) is 37.3 Å². The molecule has 0 radical (unpaired) electrons. The van der Waals surface area contributed by atoms with Gasteiger partial charge >= 0.3 is 0 Å². The highest BCUT2D eigenvalue weighted by molar-refractivity contribution is 7.79. The van der Waals surface area contributed by atoms with Gasteiger partial charge in [-0.1, -0.05) is 12.1 Å². The molecular formula is C23H28N9O3S-. The van der Waals surface area contributed by atoms with Crippen LogP contribution in [0.2, 0.25) is 0 Å². The number of piperazine rings is 1. The zero-order valence-corrected chi connectivity index (χ0v) is 20.9. The molecule has 0 aliphatic carbocycles. The fourth-order valence-electron chi connectivity index (χ4n) is 4.94. The molecule has 3 aromatic heterocycles. The zero-order chi connectivity index (χ0) is 24.6. The monoisotopic (exact) mass is 510 g/mol. The summed E-state index contributed by atoms with van der Waals surface area (Å²) in [5, 5.41) is 8.20. The van der Waals surface area contributed by atoms with E-state index in [1.54, 1.807) is 0 Å². The van der Waals surface area contributed by atoms with Gasteiger partial charge in [-0.25, -0.2) is 15.0 Å². The lowest BCUT2D eigenvalue weighted by Gasteiger charge is -2.34. The Morgan fingerprint density at radius 3 is 2.61 bits per heavy atom. The van der Waals surface area contributed by atoms with Gasteiger partial charge in [0, 0.05) is 57.3 Å². The first-order chi connectivity index (χ1) is 17.6. The number of anilines is 1. The number of nitrogens with zero attached hydrogens (tertiary/aromatic N) is 8. The number of hydrogen-bond donors (Lipinski definition) is 1. The summed E-state index contributed by atoms with van der Waals surface area (Å²) in [6, 6.07) is 5.99. The third-order valence-corrected chi connectivity index (χ3v) is 7.52. The van der Waals surface area contributed by atoms with Gasteiger partial charge in [0.15, 0.2) is 22.8 Å². The van der Waals surface area contributed by atoms with Gasteiger partial charge in [0.25, 0.3) is 0 Å². The minimum atomic E-state index is -2.05. The number of H-pyrrole nitrogens is 1. The maximum atomic E-state index is 11.0. The first-order valence-electron chi connectivity index (χ1n) is 12.1. The summed E-state index contributed by atoms with van der Waals surface area (Å²) in [6.07, 6.45) is 1.81. The van der Waals surface area contributed by atoms with Crippen LogP contribution >= 0.6 is 0 Å². The summed E-state index contributed by atoms with van der Waals surface area (Å²) in [5.74, 6) is 2.46. The second kappa shape index (κ2) is 9.82. The maximum Gasteiger partial charge on any atom is 0.166 e. The van der Waals surface area contributed by atoms with Crippen LogP contribution in [0.1, 0.15) is 5.82 Å². The van der Waals surface area contributed by atoms with Crippen molar-refractivity contribution in [3.8, 4) is 11.4 Å². The van der Waals surface area contributed by atoms with Crippen molar-refractivity contribution in [3.05, 3.63) is 30.2 Å².